The maximum atomic E-state index is 13.7. The molecule has 1 aliphatic rings. The van der Waals surface area contributed by atoms with E-state index in [4.69, 9.17) is 16.3 Å². The summed E-state index contributed by atoms with van der Waals surface area (Å²) < 4.78 is 33.8. The largest absolute Gasteiger partial charge is 0.495 e. The van der Waals surface area contributed by atoms with E-state index < -0.39 is 10.0 Å². The number of aryl methyl sites for hydroxylation is 1. The number of thioether (sulfide) groups is 1. The molecule has 3 aromatic carbocycles. The van der Waals surface area contributed by atoms with E-state index in [-0.39, 0.29) is 23.1 Å². The van der Waals surface area contributed by atoms with Gasteiger partial charge in [0.1, 0.15) is 10.6 Å². The van der Waals surface area contributed by atoms with Crippen molar-refractivity contribution in [2.75, 3.05) is 22.5 Å². The van der Waals surface area contributed by atoms with Crippen LogP contribution in [0, 0.1) is 6.92 Å². The smallest absolute Gasteiger partial charge is 0.268 e. The van der Waals surface area contributed by atoms with Crippen molar-refractivity contribution in [1.29, 1.82) is 0 Å². The molecule has 1 N–H and O–H groups in total. The molecular formula is C27H23ClN4O4S2. The average molecular weight is 567 g/mol. The van der Waals surface area contributed by atoms with Gasteiger partial charge in [-0.25, -0.2) is 18.4 Å². The molecule has 0 bridgehead atoms. The van der Waals surface area contributed by atoms with Gasteiger partial charge < -0.3 is 10.1 Å². The highest BCUT2D eigenvalue weighted by molar-refractivity contribution is 7.99. The lowest BCUT2D eigenvalue weighted by atomic mass is 10.1. The van der Waals surface area contributed by atoms with E-state index in [2.05, 4.69) is 15.3 Å². The number of ether oxygens (including phenoxy) is 1. The Labute approximate surface area is 230 Å². The van der Waals surface area contributed by atoms with Crippen LogP contribution >= 0.6 is 23.4 Å². The van der Waals surface area contributed by atoms with E-state index in [1.807, 2.05) is 43.3 Å². The number of aromatic nitrogens is 2. The monoisotopic (exact) mass is 566 g/mol. The first-order chi connectivity index (χ1) is 18.3. The fraction of sp³-hybridized carbons (Fsp3) is 0.148. The highest BCUT2D eigenvalue weighted by atomic mass is 35.5. The van der Waals surface area contributed by atoms with E-state index in [1.54, 1.807) is 30.3 Å². The van der Waals surface area contributed by atoms with E-state index in [0.29, 0.717) is 38.6 Å². The zero-order chi connectivity index (χ0) is 26.9. The molecule has 0 radical (unpaired) electrons. The summed E-state index contributed by atoms with van der Waals surface area (Å²) >= 11 is 7.24. The number of sulfonamides is 1. The maximum Gasteiger partial charge on any atom is 0.268 e. The Balaban J connectivity index is 1.38. The fourth-order valence-corrected chi connectivity index (χ4v) is 6.60. The minimum Gasteiger partial charge on any atom is -0.495 e. The molecule has 38 heavy (non-hydrogen) atoms. The Bertz CT molecular complexity index is 1650. The molecule has 1 aliphatic heterocycles. The van der Waals surface area contributed by atoms with Crippen molar-refractivity contribution in [3.05, 3.63) is 89.1 Å². The summed E-state index contributed by atoms with van der Waals surface area (Å²) in [6.45, 7) is 2.16. The predicted molar refractivity (Wildman–Crippen MR) is 149 cm³/mol. The summed E-state index contributed by atoms with van der Waals surface area (Å²) in [6.07, 6.45) is 1.32. The van der Waals surface area contributed by atoms with Gasteiger partial charge in [-0.1, -0.05) is 71.4 Å². The second kappa shape index (κ2) is 10.6. The van der Waals surface area contributed by atoms with Gasteiger partial charge in [-0.2, -0.15) is 0 Å². The van der Waals surface area contributed by atoms with Crippen LogP contribution in [-0.2, 0) is 21.4 Å². The molecule has 5 rings (SSSR count). The molecule has 0 spiro atoms. The normalized spacial score (nSPS) is 13.4. The Kier molecular flexibility index (Phi) is 7.29. The maximum absolute atomic E-state index is 13.7. The van der Waals surface area contributed by atoms with E-state index in [1.165, 1.54) is 17.6 Å². The van der Waals surface area contributed by atoms with Crippen LogP contribution in [0.4, 0.5) is 11.4 Å². The summed E-state index contributed by atoms with van der Waals surface area (Å²) in [5.74, 6) is 0.250. The summed E-state index contributed by atoms with van der Waals surface area (Å²) in [6, 6.07) is 20.0. The molecule has 0 atom stereocenters. The van der Waals surface area contributed by atoms with Crippen molar-refractivity contribution in [2.45, 2.75) is 23.5 Å². The standard InChI is InChI=1S/C27H23ClN4O4S2/c1-17-6-5-7-18(12-17)15-32-22-9-4-3-8-20(22)26-24(38(32,34)35)14-29-27(31-26)37-16-25(33)30-19-10-11-23(36-2)21(28)13-19/h3-14H,15-16H2,1-2H3,(H,30,33). The van der Waals surface area contributed by atoms with Gasteiger partial charge >= 0.3 is 0 Å². The number of rotatable bonds is 7. The molecular weight excluding hydrogens is 544 g/mol. The summed E-state index contributed by atoms with van der Waals surface area (Å²) in [4.78, 5) is 21.4. The van der Waals surface area contributed by atoms with Gasteiger partial charge in [-0.05, 0) is 36.8 Å². The summed E-state index contributed by atoms with van der Waals surface area (Å²) in [7, 11) is -2.39. The number of carbonyl (C=O) groups excluding carboxylic acids is 1. The Morgan fingerprint density at radius 1 is 1.11 bits per heavy atom. The molecule has 0 saturated carbocycles. The highest BCUT2D eigenvalue weighted by Crippen LogP contribution is 2.42. The van der Waals surface area contributed by atoms with Crippen LogP contribution in [-0.4, -0.2) is 37.2 Å². The average Bonchev–Trinajstić information content (AvgIpc) is 2.90. The number of carbonyl (C=O) groups is 1. The molecule has 194 valence electrons. The first-order valence-corrected chi connectivity index (χ1v) is 14.4. The Morgan fingerprint density at radius 3 is 2.68 bits per heavy atom. The van der Waals surface area contributed by atoms with Crippen LogP contribution in [0.2, 0.25) is 5.02 Å². The second-order valence-corrected chi connectivity index (χ2v) is 11.7. The molecule has 2 heterocycles. The topological polar surface area (TPSA) is 101 Å². The lowest BCUT2D eigenvalue weighted by Crippen LogP contribution is -2.34. The summed E-state index contributed by atoms with van der Waals surface area (Å²) in [5.41, 5.74) is 4.01. The Morgan fingerprint density at radius 2 is 1.92 bits per heavy atom. The van der Waals surface area contributed by atoms with Crippen LogP contribution in [0.15, 0.2) is 83.0 Å². The predicted octanol–water partition coefficient (Wildman–Crippen LogP) is 5.55. The number of para-hydroxylation sites is 1. The van der Waals surface area contributed by atoms with Crippen molar-refractivity contribution in [3.8, 4) is 17.0 Å². The van der Waals surface area contributed by atoms with Gasteiger partial charge in [0.25, 0.3) is 10.0 Å². The third-order valence-electron chi connectivity index (χ3n) is 5.91. The SMILES string of the molecule is COc1ccc(NC(=O)CSc2ncc3c(n2)-c2ccccc2N(Cc2cccc(C)c2)S3(=O)=O)cc1Cl. The molecule has 0 unspecified atom stereocenters. The van der Waals surface area contributed by atoms with Crippen molar-refractivity contribution in [2.24, 2.45) is 0 Å². The second-order valence-electron chi connectivity index (χ2n) is 8.57. The van der Waals surface area contributed by atoms with Gasteiger partial charge in [0, 0.05) is 11.3 Å². The molecule has 11 heteroatoms. The molecule has 1 aromatic heterocycles. The zero-order valence-corrected chi connectivity index (χ0v) is 22.9. The molecule has 0 saturated heterocycles. The number of benzene rings is 3. The van der Waals surface area contributed by atoms with Crippen molar-refractivity contribution in [3.63, 3.8) is 0 Å². The Hall–Kier alpha value is -3.60. The van der Waals surface area contributed by atoms with Crippen LogP contribution in [0.1, 0.15) is 11.1 Å². The number of anilines is 2. The minimum absolute atomic E-state index is 0.0241. The number of hydrogen-bond acceptors (Lipinski definition) is 7. The fourth-order valence-electron chi connectivity index (χ4n) is 4.16. The van der Waals surface area contributed by atoms with Gasteiger partial charge in [-0.3, -0.25) is 9.10 Å². The van der Waals surface area contributed by atoms with Crippen LogP contribution in [0.25, 0.3) is 11.3 Å². The lowest BCUT2D eigenvalue weighted by molar-refractivity contribution is -0.113. The zero-order valence-electron chi connectivity index (χ0n) is 20.5. The van der Waals surface area contributed by atoms with Gasteiger partial charge in [-0.15, -0.1) is 0 Å². The number of amides is 1. The number of nitrogens with one attached hydrogen (secondary N) is 1. The first kappa shape index (κ1) is 26.0. The molecule has 0 aliphatic carbocycles. The number of halogens is 1. The molecule has 4 aromatic rings. The number of fused-ring (bicyclic) bond motifs is 3. The van der Waals surface area contributed by atoms with Crippen molar-refractivity contribution >= 4 is 50.7 Å². The van der Waals surface area contributed by atoms with Gasteiger partial charge in [0.2, 0.25) is 5.91 Å². The van der Waals surface area contributed by atoms with E-state index in [9.17, 15) is 13.2 Å². The molecule has 1 amide bonds. The number of methoxy groups -OCH3 is 1. The molecule has 0 fully saturated rings. The van der Waals surface area contributed by atoms with Crippen LogP contribution in [0.5, 0.6) is 5.75 Å². The highest BCUT2D eigenvalue weighted by Gasteiger charge is 2.36. The third-order valence-corrected chi connectivity index (χ3v) is 8.82. The first-order valence-electron chi connectivity index (χ1n) is 11.6. The number of hydrogen-bond donors (Lipinski definition) is 1. The quantitative estimate of drug-likeness (QED) is 0.231. The lowest BCUT2D eigenvalue weighted by Gasteiger charge is -2.31. The minimum atomic E-state index is -3.91. The third kappa shape index (κ3) is 5.20. The molecule has 8 nitrogen and oxygen atoms in total. The van der Waals surface area contributed by atoms with E-state index in [0.717, 1.165) is 22.9 Å². The van der Waals surface area contributed by atoms with Crippen molar-refractivity contribution in [1.82, 2.24) is 9.97 Å². The van der Waals surface area contributed by atoms with Gasteiger partial charge in [0.05, 0.1) is 42.0 Å². The van der Waals surface area contributed by atoms with Crippen molar-refractivity contribution < 1.29 is 17.9 Å². The van der Waals surface area contributed by atoms with Gasteiger partial charge in [0.15, 0.2) is 5.16 Å². The van der Waals surface area contributed by atoms with Crippen LogP contribution in [0.3, 0.4) is 0 Å². The number of nitrogens with zero attached hydrogens (tertiary/aromatic N) is 3. The van der Waals surface area contributed by atoms with Crippen LogP contribution < -0.4 is 14.4 Å². The van der Waals surface area contributed by atoms with E-state index >= 15 is 0 Å². The summed E-state index contributed by atoms with van der Waals surface area (Å²) in [5, 5.41) is 3.45.